The minimum absolute atomic E-state index is 0.287. The van der Waals surface area contributed by atoms with Crippen LogP contribution in [0.2, 0.25) is 0 Å². The van der Waals surface area contributed by atoms with Crippen molar-refractivity contribution in [2.24, 2.45) is 4.99 Å². The second kappa shape index (κ2) is 4.67. The van der Waals surface area contributed by atoms with Gasteiger partial charge in [-0.15, -0.1) is 0 Å². The van der Waals surface area contributed by atoms with E-state index in [2.05, 4.69) is 4.99 Å². The highest BCUT2D eigenvalue weighted by Gasteiger charge is 2.35. The number of rotatable bonds is 3. The van der Waals surface area contributed by atoms with Crippen LogP contribution >= 0.6 is 0 Å². The van der Waals surface area contributed by atoms with E-state index in [0.29, 0.717) is 0 Å². The zero-order valence-corrected chi connectivity index (χ0v) is 11.0. The summed E-state index contributed by atoms with van der Waals surface area (Å²) in [5.41, 5.74) is 0.411. The molecule has 0 N–H and O–H groups in total. The first kappa shape index (κ1) is 13.0. The van der Waals surface area contributed by atoms with Gasteiger partial charge in [0, 0.05) is 6.26 Å². The van der Waals surface area contributed by atoms with Crippen LogP contribution in [0.25, 0.3) is 0 Å². The van der Waals surface area contributed by atoms with Gasteiger partial charge >= 0.3 is 0 Å². The van der Waals surface area contributed by atoms with Gasteiger partial charge in [0.15, 0.2) is 9.84 Å². The molecule has 1 fully saturated rings. The fourth-order valence-corrected chi connectivity index (χ4v) is 3.16. The fraction of sp³-hybridized carbons (Fsp3) is 0.462. The molecule has 0 atom stereocenters. The van der Waals surface area contributed by atoms with Crippen molar-refractivity contribution < 1.29 is 13.2 Å². The molecule has 0 spiro atoms. The normalized spacial score (nSPS) is 18.3. The molecule has 0 aliphatic heterocycles. The average molecular weight is 265 g/mol. The number of aliphatic imine (C=N–C) groups is 1. The summed E-state index contributed by atoms with van der Waals surface area (Å²) in [6, 6.07) is 6.65. The Balaban J connectivity index is 2.42. The summed E-state index contributed by atoms with van der Waals surface area (Å²) >= 11 is 0. The van der Waals surface area contributed by atoms with Crippen LogP contribution in [0, 0.1) is 0 Å². The SMILES string of the molecule is CS(=O)(=O)c1ccc(C2(N=C=O)CCCC2)cc1. The molecule has 1 saturated carbocycles. The molecule has 0 heterocycles. The van der Waals surface area contributed by atoms with E-state index >= 15 is 0 Å². The highest BCUT2D eigenvalue weighted by molar-refractivity contribution is 7.90. The fourth-order valence-electron chi connectivity index (χ4n) is 2.52. The molecule has 5 heteroatoms. The van der Waals surface area contributed by atoms with Gasteiger partial charge in [0.05, 0.1) is 10.4 Å². The summed E-state index contributed by atoms with van der Waals surface area (Å²) in [4.78, 5) is 14.8. The van der Waals surface area contributed by atoms with Crippen molar-refractivity contribution in [2.75, 3.05) is 6.26 Å². The molecular formula is C13H15NO3S. The molecule has 0 unspecified atom stereocenters. The predicted molar refractivity (Wildman–Crippen MR) is 67.8 cm³/mol. The van der Waals surface area contributed by atoms with Gasteiger partial charge in [-0.1, -0.05) is 25.0 Å². The van der Waals surface area contributed by atoms with Gasteiger partial charge in [0.25, 0.3) is 0 Å². The number of carbonyl (C=O) groups excluding carboxylic acids is 1. The van der Waals surface area contributed by atoms with E-state index in [1.54, 1.807) is 30.3 Å². The molecule has 0 aromatic heterocycles. The molecule has 96 valence electrons. The molecule has 0 amide bonds. The van der Waals surface area contributed by atoms with E-state index in [4.69, 9.17) is 0 Å². The maximum absolute atomic E-state index is 11.4. The Labute approximate surface area is 107 Å². The third-order valence-corrected chi connectivity index (χ3v) is 4.64. The van der Waals surface area contributed by atoms with Gasteiger partial charge in [0.1, 0.15) is 0 Å². The second-order valence-electron chi connectivity index (χ2n) is 4.74. The Morgan fingerprint density at radius 2 is 1.72 bits per heavy atom. The zero-order chi connectivity index (χ0) is 13.2. The van der Waals surface area contributed by atoms with Crippen molar-refractivity contribution in [1.82, 2.24) is 0 Å². The molecule has 18 heavy (non-hydrogen) atoms. The summed E-state index contributed by atoms with van der Waals surface area (Å²) in [6.07, 6.45) is 6.52. The molecule has 1 aromatic carbocycles. The molecule has 1 aromatic rings. The van der Waals surface area contributed by atoms with Crippen molar-refractivity contribution in [1.29, 1.82) is 0 Å². The Hall–Kier alpha value is -1.45. The topological polar surface area (TPSA) is 63.6 Å². The van der Waals surface area contributed by atoms with Gasteiger partial charge in [-0.25, -0.2) is 13.2 Å². The summed E-state index contributed by atoms with van der Waals surface area (Å²) in [5.74, 6) is 0. The highest BCUT2D eigenvalue weighted by Crippen LogP contribution is 2.42. The number of sulfone groups is 1. The van der Waals surface area contributed by atoms with Gasteiger partial charge in [0.2, 0.25) is 6.08 Å². The molecule has 0 bridgehead atoms. The molecule has 0 saturated heterocycles. The second-order valence-corrected chi connectivity index (χ2v) is 6.75. The third kappa shape index (κ3) is 2.37. The lowest BCUT2D eigenvalue weighted by Gasteiger charge is -2.22. The largest absolute Gasteiger partial charge is 0.235 e. The van der Waals surface area contributed by atoms with E-state index in [9.17, 15) is 13.2 Å². The van der Waals surface area contributed by atoms with Crippen LogP contribution in [0.5, 0.6) is 0 Å². The van der Waals surface area contributed by atoms with Gasteiger partial charge in [-0.3, -0.25) is 0 Å². The third-order valence-electron chi connectivity index (χ3n) is 3.51. The van der Waals surface area contributed by atoms with Crippen LogP contribution in [-0.2, 0) is 20.2 Å². The first-order valence-electron chi connectivity index (χ1n) is 5.88. The van der Waals surface area contributed by atoms with Crippen molar-refractivity contribution in [2.45, 2.75) is 36.1 Å². The van der Waals surface area contributed by atoms with Crippen LogP contribution in [0.3, 0.4) is 0 Å². The molecule has 4 nitrogen and oxygen atoms in total. The zero-order valence-electron chi connectivity index (χ0n) is 10.2. The molecule has 0 radical (unpaired) electrons. The molecule has 2 rings (SSSR count). The summed E-state index contributed by atoms with van der Waals surface area (Å²) in [6.45, 7) is 0. The van der Waals surface area contributed by atoms with Crippen molar-refractivity contribution in [3.05, 3.63) is 29.8 Å². The van der Waals surface area contributed by atoms with Crippen molar-refractivity contribution >= 4 is 15.9 Å². The van der Waals surface area contributed by atoms with E-state index < -0.39 is 15.4 Å². The Kier molecular flexibility index (Phi) is 3.37. The maximum Gasteiger partial charge on any atom is 0.235 e. The number of benzene rings is 1. The lowest BCUT2D eigenvalue weighted by atomic mass is 9.89. The summed E-state index contributed by atoms with van der Waals surface area (Å²) in [7, 11) is -3.18. The van der Waals surface area contributed by atoms with Crippen molar-refractivity contribution in [3.63, 3.8) is 0 Å². The number of isocyanates is 1. The van der Waals surface area contributed by atoms with E-state index in [1.807, 2.05) is 0 Å². The molecular weight excluding hydrogens is 250 g/mol. The summed E-state index contributed by atoms with van der Waals surface area (Å²) < 4.78 is 22.8. The predicted octanol–water partition coefficient (Wildman–Crippen LogP) is 2.20. The van der Waals surface area contributed by atoms with Crippen LogP contribution in [0.15, 0.2) is 34.2 Å². The maximum atomic E-state index is 11.4. The lowest BCUT2D eigenvalue weighted by molar-refractivity contribution is 0.455. The van der Waals surface area contributed by atoms with E-state index in [1.165, 1.54) is 6.26 Å². The molecule has 1 aliphatic carbocycles. The Bertz CT molecular complexity index is 577. The van der Waals surface area contributed by atoms with E-state index in [-0.39, 0.29) is 4.90 Å². The Morgan fingerprint density at radius 3 is 2.17 bits per heavy atom. The van der Waals surface area contributed by atoms with Gasteiger partial charge in [-0.05, 0) is 30.5 Å². The number of hydrogen-bond donors (Lipinski definition) is 0. The van der Waals surface area contributed by atoms with Crippen LogP contribution in [-0.4, -0.2) is 20.8 Å². The van der Waals surface area contributed by atoms with Crippen LogP contribution in [0.4, 0.5) is 0 Å². The van der Waals surface area contributed by atoms with Crippen LogP contribution in [0.1, 0.15) is 31.2 Å². The first-order chi connectivity index (χ1) is 8.48. The number of hydrogen-bond acceptors (Lipinski definition) is 4. The van der Waals surface area contributed by atoms with Gasteiger partial charge < -0.3 is 0 Å². The quantitative estimate of drug-likeness (QED) is 0.621. The molecule has 1 aliphatic rings. The smallest absolute Gasteiger partial charge is 0.224 e. The number of nitrogens with zero attached hydrogens (tertiary/aromatic N) is 1. The van der Waals surface area contributed by atoms with Crippen LogP contribution < -0.4 is 0 Å². The minimum atomic E-state index is -3.18. The van der Waals surface area contributed by atoms with Gasteiger partial charge in [-0.2, -0.15) is 4.99 Å². The van der Waals surface area contributed by atoms with Crippen molar-refractivity contribution in [3.8, 4) is 0 Å². The average Bonchev–Trinajstić information content (AvgIpc) is 2.78. The standard InChI is InChI=1S/C13H15NO3S/c1-18(16,17)12-6-4-11(5-7-12)13(14-10-15)8-2-3-9-13/h4-7H,2-3,8-9H2,1H3. The Morgan fingerprint density at radius 1 is 1.17 bits per heavy atom. The highest BCUT2D eigenvalue weighted by atomic mass is 32.2. The lowest BCUT2D eigenvalue weighted by Crippen LogP contribution is -2.18. The first-order valence-corrected chi connectivity index (χ1v) is 7.77. The minimum Gasteiger partial charge on any atom is -0.224 e. The summed E-state index contributed by atoms with van der Waals surface area (Å²) in [5, 5.41) is 0. The van der Waals surface area contributed by atoms with E-state index in [0.717, 1.165) is 31.2 Å². The monoisotopic (exact) mass is 265 g/mol.